The smallest absolute Gasteiger partial charge is 0.254 e. The fraction of sp³-hybridized carbons (Fsp3) is 0.423. The van der Waals surface area contributed by atoms with E-state index in [1.807, 2.05) is 26.4 Å². The zero-order valence-electron chi connectivity index (χ0n) is 19.7. The van der Waals surface area contributed by atoms with E-state index in [0.717, 1.165) is 67.0 Å². The third kappa shape index (κ3) is 3.31. The number of nitrogens with one attached hydrogen (secondary N) is 1. The Labute approximate surface area is 199 Å². The van der Waals surface area contributed by atoms with E-state index in [9.17, 15) is 10.1 Å². The molecule has 3 aliphatic rings. The van der Waals surface area contributed by atoms with Gasteiger partial charge in [0.1, 0.15) is 17.5 Å². The molecule has 8 heteroatoms. The van der Waals surface area contributed by atoms with Crippen molar-refractivity contribution in [2.24, 2.45) is 0 Å². The highest BCUT2D eigenvalue weighted by molar-refractivity contribution is 5.98. The molecule has 34 heavy (non-hydrogen) atoms. The normalized spacial score (nSPS) is 22.1. The summed E-state index contributed by atoms with van der Waals surface area (Å²) in [5, 5.41) is 13.9. The van der Waals surface area contributed by atoms with Gasteiger partial charge >= 0.3 is 0 Å². The zero-order chi connectivity index (χ0) is 23.4. The highest BCUT2D eigenvalue weighted by Gasteiger charge is 2.31. The Kier molecular flexibility index (Phi) is 4.96. The standard InChI is InChI=1S/C26H29N7O/c1-28-19-12-21(13-19)33-16-18(14-27)22-5-6-24(29-25(22)33)32-9-7-31(8-10-32)20-3-4-23-17(11-20)15-30(2)26(23)34/h3-6,11,16,19,21,28H,7-10,12-13,15H2,1-2H3. The first-order valence-electron chi connectivity index (χ1n) is 12.0. The number of amides is 1. The van der Waals surface area contributed by atoms with Gasteiger partial charge in [-0.3, -0.25) is 4.79 Å². The molecule has 2 aromatic heterocycles. The van der Waals surface area contributed by atoms with Crippen LogP contribution in [0.2, 0.25) is 0 Å². The predicted octanol–water partition coefficient (Wildman–Crippen LogP) is 2.74. The summed E-state index contributed by atoms with van der Waals surface area (Å²) < 4.78 is 2.21. The monoisotopic (exact) mass is 455 g/mol. The highest BCUT2D eigenvalue weighted by atomic mass is 16.2. The van der Waals surface area contributed by atoms with E-state index < -0.39 is 0 Å². The van der Waals surface area contributed by atoms with Crippen molar-refractivity contribution in [1.29, 1.82) is 5.26 Å². The molecule has 0 spiro atoms. The number of rotatable bonds is 4. The molecule has 1 saturated heterocycles. The Bertz CT molecular complexity index is 1310. The Morgan fingerprint density at radius 2 is 1.85 bits per heavy atom. The van der Waals surface area contributed by atoms with Crippen molar-refractivity contribution in [3.63, 3.8) is 0 Å². The second kappa shape index (κ2) is 8.03. The van der Waals surface area contributed by atoms with Gasteiger partial charge in [0.15, 0.2) is 0 Å². The maximum atomic E-state index is 12.2. The summed E-state index contributed by atoms with van der Waals surface area (Å²) in [6.07, 6.45) is 4.11. The molecule has 0 unspecified atom stereocenters. The van der Waals surface area contributed by atoms with Crippen molar-refractivity contribution < 1.29 is 4.79 Å². The van der Waals surface area contributed by atoms with Crippen molar-refractivity contribution in [3.8, 4) is 6.07 Å². The molecule has 3 aromatic rings. The first kappa shape index (κ1) is 21.0. The molecule has 1 saturated carbocycles. The molecule has 8 nitrogen and oxygen atoms in total. The molecule has 2 fully saturated rings. The van der Waals surface area contributed by atoms with Gasteiger partial charge in [-0.1, -0.05) is 0 Å². The fourth-order valence-electron chi connectivity index (χ4n) is 5.55. The minimum absolute atomic E-state index is 0.112. The number of piperazine rings is 1. The number of hydrogen-bond acceptors (Lipinski definition) is 6. The van der Waals surface area contributed by atoms with Gasteiger partial charge in [0, 0.05) is 74.7 Å². The van der Waals surface area contributed by atoms with Gasteiger partial charge < -0.3 is 24.6 Å². The van der Waals surface area contributed by atoms with Crippen LogP contribution >= 0.6 is 0 Å². The van der Waals surface area contributed by atoms with Crippen LogP contribution in [0, 0.1) is 11.3 Å². The van der Waals surface area contributed by atoms with Crippen molar-refractivity contribution in [1.82, 2.24) is 19.8 Å². The van der Waals surface area contributed by atoms with E-state index in [2.05, 4.69) is 50.0 Å². The number of pyridine rings is 1. The molecule has 1 amide bonds. The summed E-state index contributed by atoms with van der Waals surface area (Å²) in [6.45, 7) is 4.25. The lowest BCUT2D eigenvalue weighted by atomic mass is 9.87. The quantitative estimate of drug-likeness (QED) is 0.652. The van der Waals surface area contributed by atoms with E-state index in [0.29, 0.717) is 24.2 Å². The predicted molar refractivity (Wildman–Crippen MR) is 132 cm³/mol. The molecule has 1 aliphatic carbocycles. The molecule has 174 valence electrons. The zero-order valence-corrected chi connectivity index (χ0v) is 19.7. The number of hydrogen-bond donors (Lipinski definition) is 1. The number of aromatic nitrogens is 2. The van der Waals surface area contributed by atoms with Crippen LogP contribution in [0.5, 0.6) is 0 Å². The number of carbonyl (C=O) groups excluding carboxylic acids is 1. The minimum Gasteiger partial charge on any atom is -0.368 e. The Hall–Kier alpha value is -3.57. The van der Waals surface area contributed by atoms with Gasteiger partial charge in [0.2, 0.25) is 0 Å². The topological polar surface area (TPSA) is 80.4 Å². The van der Waals surface area contributed by atoms with Crippen LogP contribution in [-0.4, -0.2) is 66.7 Å². The summed E-state index contributed by atoms with van der Waals surface area (Å²) >= 11 is 0. The summed E-state index contributed by atoms with van der Waals surface area (Å²) in [5.41, 5.74) is 4.75. The lowest BCUT2D eigenvalue weighted by Gasteiger charge is -2.37. The summed E-state index contributed by atoms with van der Waals surface area (Å²) in [7, 11) is 3.86. The van der Waals surface area contributed by atoms with Crippen LogP contribution in [-0.2, 0) is 6.54 Å². The third-order valence-electron chi connectivity index (χ3n) is 7.74. The molecular weight excluding hydrogens is 426 g/mol. The fourth-order valence-corrected chi connectivity index (χ4v) is 5.55. The van der Waals surface area contributed by atoms with Gasteiger partial charge in [-0.2, -0.15) is 5.26 Å². The molecule has 1 N–H and O–H groups in total. The van der Waals surface area contributed by atoms with Crippen molar-refractivity contribution in [2.75, 3.05) is 50.1 Å². The molecule has 0 radical (unpaired) electrons. The van der Waals surface area contributed by atoms with E-state index in [1.54, 1.807) is 4.90 Å². The number of nitriles is 1. The molecule has 4 heterocycles. The van der Waals surface area contributed by atoms with Crippen LogP contribution in [0.15, 0.2) is 36.5 Å². The number of carbonyl (C=O) groups is 1. The average Bonchev–Trinajstić information content (AvgIpc) is 3.34. The summed E-state index contributed by atoms with van der Waals surface area (Å²) in [5.74, 6) is 1.09. The maximum absolute atomic E-state index is 12.2. The number of nitrogens with zero attached hydrogens (tertiary/aromatic N) is 6. The largest absolute Gasteiger partial charge is 0.368 e. The molecular formula is C26H29N7O. The number of anilines is 2. The number of fused-ring (bicyclic) bond motifs is 2. The second-order valence-corrected chi connectivity index (χ2v) is 9.69. The lowest BCUT2D eigenvalue weighted by molar-refractivity contribution is 0.0816. The van der Waals surface area contributed by atoms with Crippen molar-refractivity contribution in [2.45, 2.75) is 31.5 Å². The molecule has 0 bridgehead atoms. The minimum atomic E-state index is 0.112. The Balaban J connectivity index is 1.20. The first-order chi connectivity index (χ1) is 16.6. The van der Waals surface area contributed by atoms with Gasteiger partial charge in [0.05, 0.1) is 5.56 Å². The van der Waals surface area contributed by atoms with Crippen LogP contribution in [0.4, 0.5) is 11.5 Å². The van der Waals surface area contributed by atoms with Crippen LogP contribution in [0.3, 0.4) is 0 Å². The van der Waals surface area contributed by atoms with E-state index in [1.165, 1.54) is 5.69 Å². The highest BCUT2D eigenvalue weighted by Crippen LogP contribution is 2.36. The SMILES string of the molecule is CNC1CC(n2cc(C#N)c3ccc(N4CCN(c5ccc6c(c5)CN(C)C6=O)CC4)nc32)C1. The third-order valence-corrected chi connectivity index (χ3v) is 7.74. The second-order valence-electron chi connectivity index (χ2n) is 9.69. The van der Waals surface area contributed by atoms with Gasteiger partial charge in [-0.05, 0) is 55.8 Å². The molecule has 6 rings (SSSR count). The van der Waals surface area contributed by atoms with Crippen molar-refractivity contribution >= 4 is 28.4 Å². The Morgan fingerprint density at radius 1 is 1.09 bits per heavy atom. The van der Waals surface area contributed by atoms with Crippen LogP contribution < -0.4 is 15.1 Å². The van der Waals surface area contributed by atoms with Gasteiger partial charge in [0.25, 0.3) is 5.91 Å². The average molecular weight is 456 g/mol. The van der Waals surface area contributed by atoms with E-state index >= 15 is 0 Å². The van der Waals surface area contributed by atoms with Crippen LogP contribution in [0.25, 0.3) is 11.0 Å². The lowest BCUT2D eigenvalue weighted by Crippen LogP contribution is -2.46. The summed E-state index contributed by atoms with van der Waals surface area (Å²) in [4.78, 5) is 23.7. The van der Waals surface area contributed by atoms with Gasteiger partial charge in [-0.25, -0.2) is 4.98 Å². The maximum Gasteiger partial charge on any atom is 0.254 e. The summed E-state index contributed by atoms with van der Waals surface area (Å²) in [6, 6.07) is 13.6. The number of benzene rings is 1. The van der Waals surface area contributed by atoms with E-state index in [4.69, 9.17) is 4.98 Å². The Morgan fingerprint density at radius 3 is 2.59 bits per heavy atom. The molecule has 1 aromatic carbocycles. The first-order valence-corrected chi connectivity index (χ1v) is 12.0. The van der Waals surface area contributed by atoms with E-state index in [-0.39, 0.29) is 5.91 Å². The molecule has 0 atom stereocenters. The van der Waals surface area contributed by atoms with Gasteiger partial charge in [-0.15, -0.1) is 0 Å². The molecule has 2 aliphatic heterocycles. The van der Waals surface area contributed by atoms with Crippen LogP contribution in [0.1, 0.15) is 40.4 Å². The van der Waals surface area contributed by atoms with Crippen molar-refractivity contribution in [3.05, 3.63) is 53.2 Å².